The van der Waals surface area contributed by atoms with Gasteiger partial charge in [0.05, 0.1) is 4.92 Å². The first kappa shape index (κ1) is 16.3. The molecular weight excluding hydrogens is 322 g/mol. The van der Waals surface area contributed by atoms with E-state index in [0.29, 0.717) is 18.5 Å². The van der Waals surface area contributed by atoms with Gasteiger partial charge in [0.1, 0.15) is 5.82 Å². The van der Waals surface area contributed by atoms with Crippen molar-refractivity contribution >= 4 is 23.3 Å². The first-order chi connectivity index (χ1) is 12.1. The van der Waals surface area contributed by atoms with Crippen LogP contribution >= 0.6 is 0 Å². The highest BCUT2D eigenvalue weighted by atomic mass is 16.6. The van der Waals surface area contributed by atoms with Crippen LogP contribution in [-0.4, -0.2) is 32.0 Å². The second-order valence-corrected chi connectivity index (χ2v) is 5.27. The summed E-state index contributed by atoms with van der Waals surface area (Å²) in [5.74, 6) is 0.530. The first-order valence-electron chi connectivity index (χ1n) is 7.62. The van der Waals surface area contributed by atoms with E-state index in [9.17, 15) is 14.9 Å². The van der Waals surface area contributed by atoms with E-state index in [1.807, 2.05) is 28.8 Å². The lowest BCUT2D eigenvalue weighted by molar-refractivity contribution is -0.384. The van der Waals surface area contributed by atoms with Crippen molar-refractivity contribution in [1.29, 1.82) is 0 Å². The fourth-order valence-corrected chi connectivity index (χ4v) is 2.30. The zero-order valence-electron chi connectivity index (χ0n) is 13.2. The largest absolute Gasteiger partial charge is 0.352 e. The molecule has 0 atom stereocenters. The standard InChI is InChI=1S/C17H15N5O3/c23-17(9-6-13-4-7-14(8-5-13)22(24)25)18-11-10-16-20-19-15-3-1-2-12-21(15)16/h1-9,12H,10-11H2,(H,18,23)/b9-6+. The number of fused-ring (bicyclic) bond motifs is 1. The summed E-state index contributed by atoms with van der Waals surface area (Å²) in [4.78, 5) is 22.0. The topological polar surface area (TPSA) is 102 Å². The minimum absolute atomic E-state index is 0.0159. The Balaban J connectivity index is 1.51. The molecule has 3 rings (SSSR count). The van der Waals surface area contributed by atoms with Crippen LogP contribution in [0.2, 0.25) is 0 Å². The molecule has 0 spiro atoms. The Morgan fingerprint density at radius 1 is 1.20 bits per heavy atom. The van der Waals surface area contributed by atoms with Gasteiger partial charge in [-0.05, 0) is 35.9 Å². The zero-order valence-corrected chi connectivity index (χ0v) is 13.2. The number of benzene rings is 1. The number of pyridine rings is 1. The molecule has 1 N–H and O–H groups in total. The number of hydrogen-bond acceptors (Lipinski definition) is 5. The molecule has 0 saturated heterocycles. The van der Waals surface area contributed by atoms with E-state index in [0.717, 1.165) is 11.5 Å². The highest BCUT2D eigenvalue weighted by molar-refractivity contribution is 5.91. The summed E-state index contributed by atoms with van der Waals surface area (Å²) < 4.78 is 1.87. The van der Waals surface area contributed by atoms with E-state index >= 15 is 0 Å². The minimum atomic E-state index is -0.464. The van der Waals surface area contributed by atoms with E-state index in [1.165, 1.54) is 18.2 Å². The van der Waals surface area contributed by atoms with Crippen molar-refractivity contribution in [2.75, 3.05) is 6.54 Å². The van der Waals surface area contributed by atoms with E-state index in [2.05, 4.69) is 15.5 Å². The number of aromatic nitrogens is 3. The molecular formula is C17H15N5O3. The number of nitrogens with zero attached hydrogens (tertiary/aromatic N) is 4. The van der Waals surface area contributed by atoms with Crippen LogP contribution in [0, 0.1) is 10.1 Å². The molecule has 0 radical (unpaired) electrons. The monoisotopic (exact) mass is 337 g/mol. The Morgan fingerprint density at radius 3 is 2.76 bits per heavy atom. The van der Waals surface area contributed by atoms with Crippen molar-refractivity contribution < 1.29 is 9.72 Å². The molecule has 8 nitrogen and oxygen atoms in total. The summed E-state index contributed by atoms with van der Waals surface area (Å²) >= 11 is 0. The Morgan fingerprint density at radius 2 is 2.00 bits per heavy atom. The van der Waals surface area contributed by atoms with Crippen LogP contribution in [0.4, 0.5) is 5.69 Å². The molecule has 3 aromatic rings. The second-order valence-electron chi connectivity index (χ2n) is 5.27. The second kappa shape index (κ2) is 7.35. The van der Waals surface area contributed by atoms with Gasteiger partial charge < -0.3 is 5.32 Å². The maximum absolute atomic E-state index is 11.8. The number of carbonyl (C=O) groups excluding carboxylic acids is 1. The molecule has 0 aliphatic carbocycles. The maximum atomic E-state index is 11.8. The molecule has 2 heterocycles. The van der Waals surface area contributed by atoms with Crippen LogP contribution < -0.4 is 5.32 Å². The predicted octanol–water partition coefficient (Wildman–Crippen LogP) is 2.01. The van der Waals surface area contributed by atoms with E-state index in [-0.39, 0.29) is 11.6 Å². The van der Waals surface area contributed by atoms with Gasteiger partial charge in [-0.2, -0.15) is 0 Å². The van der Waals surface area contributed by atoms with Crippen LogP contribution in [0.1, 0.15) is 11.4 Å². The summed E-state index contributed by atoms with van der Waals surface area (Å²) in [5.41, 5.74) is 1.49. The van der Waals surface area contributed by atoms with Gasteiger partial charge in [0.25, 0.3) is 5.69 Å². The Hall–Kier alpha value is -3.55. The third-order valence-corrected chi connectivity index (χ3v) is 3.56. The molecule has 1 aromatic carbocycles. The van der Waals surface area contributed by atoms with Crippen molar-refractivity contribution in [2.45, 2.75) is 6.42 Å². The Bertz CT molecular complexity index is 931. The number of nitro groups is 1. The molecule has 0 bridgehead atoms. The summed E-state index contributed by atoms with van der Waals surface area (Å²) in [7, 11) is 0. The highest BCUT2D eigenvalue weighted by Crippen LogP contribution is 2.12. The number of rotatable bonds is 6. The van der Waals surface area contributed by atoms with Gasteiger partial charge in [0.15, 0.2) is 5.65 Å². The van der Waals surface area contributed by atoms with E-state index in [1.54, 1.807) is 18.2 Å². The normalized spacial score (nSPS) is 11.0. The van der Waals surface area contributed by atoms with E-state index < -0.39 is 4.92 Å². The lowest BCUT2D eigenvalue weighted by Gasteiger charge is -2.01. The van der Waals surface area contributed by atoms with Crippen molar-refractivity contribution in [3.63, 3.8) is 0 Å². The number of carbonyl (C=O) groups is 1. The molecule has 1 amide bonds. The van der Waals surface area contributed by atoms with Gasteiger partial charge in [-0.1, -0.05) is 6.07 Å². The molecule has 0 saturated carbocycles. The average molecular weight is 337 g/mol. The average Bonchev–Trinajstić information content (AvgIpc) is 3.04. The van der Waals surface area contributed by atoms with Crippen LogP contribution in [-0.2, 0) is 11.2 Å². The smallest absolute Gasteiger partial charge is 0.269 e. The number of nitro benzene ring substituents is 1. The van der Waals surface area contributed by atoms with Gasteiger partial charge in [0.2, 0.25) is 5.91 Å². The summed E-state index contributed by atoms with van der Waals surface area (Å²) in [6.45, 7) is 0.430. The van der Waals surface area contributed by atoms with Crippen molar-refractivity contribution in [1.82, 2.24) is 19.9 Å². The molecule has 8 heteroatoms. The number of hydrogen-bond donors (Lipinski definition) is 1. The maximum Gasteiger partial charge on any atom is 0.269 e. The minimum Gasteiger partial charge on any atom is -0.352 e. The van der Waals surface area contributed by atoms with Crippen molar-refractivity contribution in [3.05, 3.63) is 76.2 Å². The van der Waals surface area contributed by atoms with Crippen molar-refractivity contribution in [2.24, 2.45) is 0 Å². The van der Waals surface area contributed by atoms with Gasteiger partial charge in [-0.15, -0.1) is 10.2 Å². The molecule has 2 aromatic heterocycles. The van der Waals surface area contributed by atoms with Gasteiger partial charge >= 0.3 is 0 Å². The first-order valence-corrected chi connectivity index (χ1v) is 7.62. The third kappa shape index (κ3) is 4.05. The summed E-state index contributed by atoms with van der Waals surface area (Å²) in [5, 5.41) is 21.5. The third-order valence-electron chi connectivity index (χ3n) is 3.56. The Labute approximate surface area is 143 Å². The molecule has 25 heavy (non-hydrogen) atoms. The number of nitrogens with one attached hydrogen (secondary N) is 1. The number of amides is 1. The zero-order chi connectivity index (χ0) is 17.6. The van der Waals surface area contributed by atoms with Crippen LogP contribution in [0.5, 0.6) is 0 Å². The Kier molecular flexibility index (Phi) is 4.79. The lowest BCUT2D eigenvalue weighted by atomic mass is 10.2. The molecule has 126 valence electrons. The van der Waals surface area contributed by atoms with Crippen LogP contribution in [0.15, 0.2) is 54.7 Å². The SMILES string of the molecule is O=C(/C=C/c1ccc([N+](=O)[O-])cc1)NCCc1nnc2ccccn12. The van der Waals surface area contributed by atoms with Gasteiger partial charge in [-0.3, -0.25) is 19.3 Å². The quantitative estimate of drug-likeness (QED) is 0.421. The molecule has 0 fully saturated rings. The fraction of sp³-hybridized carbons (Fsp3) is 0.118. The predicted molar refractivity (Wildman–Crippen MR) is 91.8 cm³/mol. The van der Waals surface area contributed by atoms with Crippen LogP contribution in [0.3, 0.4) is 0 Å². The summed E-state index contributed by atoms with van der Waals surface area (Å²) in [6, 6.07) is 11.6. The van der Waals surface area contributed by atoms with Gasteiger partial charge in [0, 0.05) is 37.4 Å². The van der Waals surface area contributed by atoms with Crippen molar-refractivity contribution in [3.8, 4) is 0 Å². The van der Waals surface area contributed by atoms with Crippen LogP contribution in [0.25, 0.3) is 11.7 Å². The molecule has 0 aliphatic rings. The highest BCUT2D eigenvalue weighted by Gasteiger charge is 2.05. The molecule has 0 unspecified atom stereocenters. The lowest BCUT2D eigenvalue weighted by Crippen LogP contribution is -2.24. The van der Waals surface area contributed by atoms with E-state index in [4.69, 9.17) is 0 Å². The fourth-order valence-electron chi connectivity index (χ4n) is 2.30. The molecule has 0 aliphatic heterocycles. The van der Waals surface area contributed by atoms with Gasteiger partial charge in [-0.25, -0.2) is 0 Å². The number of non-ortho nitro benzene ring substituents is 1. The summed E-state index contributed by atoms with van der Waals surface area (Å²) in [6.07, 6.45) is 5.43.